The Hall–Kier alpha value is -2.15. The van der Waals surface area contributed by atoms with Gasteiger partial charge in [-0.05, 0) is 13.3 Å². The van der Waals surface area contributed by atoms with Gasteiger partial charge in [0.25, 0.3) is 10.1 Å². The van der Waals surface area contributed by atoms with E-state index in [4.69, 9.17) is 14.0 Å². The lowest BCUT2D eigenvalue weighted by Gasteiger charge is -2.31. The van der Waals surface area contributed by atoms with Crippen LogP contribution in [0.1, 0.15) is 13.3 Å². The van der Waals surface area contributed by atoms with E-state index in [0.29, 0.717) is 0 Å². The monoisotopic (exact) mass is 442 g/mol. The fourth-order valence-corrected chi connectivity index (χ4v) is 4.93. The summed E-state index contributed by atoms with van der Waals surface area (Å²) < 4.78 is 84.3. The van der Waals surface area contributed by atoms with Crippen molar-refractivity contribution >= 4 is 28.0 Å². The van der Waals surface area contributed by atoms with Gasteiger partial charge in [-0.1, -0.05) is 6.58 Å². The lowest BCUT2D eigenvalue weighted by Crippen LogP contribution is -2.47. The normalized spacial score (nSPS) is 33.9. The van der Waals surface area contributed by atoms with Gasteiger partial charge >= 0.3 is 24.1 Å². The van der Waals surface area contributed by atoms with Gasteiger partial charge in [0.1, 0.15) is 29.8 Å². The van der Waals surface area contributed by atoms with Gasteiger partial charge in [-0.25, -0.2) is 4.79 Å². The molecule has 3 rings (SSSR count). The highest BCUT2D eigenvalue weighted by Crippen LogP contribution is 2.59. The summed E-state index contributed by atoms with van der Waals surface area (Å²) in [6.07, 6.45) is -10.3. The molecule has 1 N–H and O–H groups in total. The van der Waals surface area contributed by atoms with Gasteiger partial charge in [0.05, 0.1) is 0 Å². The van der Waals surface area contributed by atoms with Crippen LogP contribution in [0.25, 0.3) is 0 Å². The molecule has 1 heterocycles. The van der Waals surface area contributed by atoms with E-state index in [9.17, 15) is 36.0 Å². The van der Waals surface area contributed by atoms with E-state index in [2.05, 4.69) is 11.3 Å². The molecule has 3 aliphatic rings. The Kier molecular flexibility index (Phi) is 5.18. The second-order valence-electron chi connectivity index (χ2n) is 7.38. The Morgan fingerprint density at radius 2 is 1.97 bits per heavy atom. The van der Waals surface area contributed by atoms with Crippen LogP contribution in [-0.2, 0) is 38.7 Å². The lowest BCUT2D eigenvalue weighted by molar-refractivity contribution is -0.220. The van der Waals surface area contributed by atoms with Crippen LogP contribution >= 0.6 is 0 Å². The van der Waals surface area contributed by atoms with E-state index in [1.165, 1.54) is 6.92 Å². The zero-order valence-electron chi connectivity index (χ0n) is 14.9. The molecule has 1 saturated heterocycles. The van der Waals surface area contributed by atoms with E-state index in [1.807, 2.05) is 0 Å². The van der Waals surface area contributed by atoms with E-state index < -0.39 is 81.9 Å². The van der Waals surface area contributed by atoms with E-state index in [0.717, 1.165) is 0 Å². The minimum atomic E-state index is -5.26. The van der Waals surface area contributed by atoms with Crippen LogP contribution in [0.5, 0.6) is 0 Å². The first kappa shape index (κ1) is 21.6. The predicted molar refractivity (Wildman–Crippen MR) is 85.5 cm³/mol. The Morgan fingerprint density at radius 3 is 2.48 bits per heavy atom. The number of fused-ring (bicyclic) bond motifs is 1. The van der Waals surface area contributed by atoms with Gasteiger partial charge in [0.2, 0.25) is 6.10 Å². The first-order chi connectivity index (χ1) is 13.2. The molecule has 13 heteroatoms. The van der Waals surface area contributed by atoms with Crippen molar-refractivity contribution in [3.63, 3.8) is 0 Å². The number of hydrogen-bond acceptors (Lipinski definition) is 8. The maximum absolute atomic E-state index is 13.1. The molecule has 9 nitrogen and oxygen atoms in total. The second-order valence-corrected chi connectivity index (χ2v) is 8.88. The standard InChI is InChI=1S/C16H17F3O9S/c1-5(2)13(20)27-11-6-3-7-10(11)15(22)28-12(7)9(6)14(21)26-8(16(17,18)19)4-29(23,24)25/h6-12H,1,3-4H2,2H3,(H,23,24,25). The number of alkyl halides is 3. The molecule has 2 aliphatic carbocycles. The van der Waals surface area contributed by atoms with E-state index in [1.54, 1.807) is 0 Å². The smallest absolute Gasteiger partial charge is 0.426 e. The predicted octanol–water partition coefficient (Wildman–Crippen LogP) is 0.644. The zero-order chi connectivity index (χ0) is 21.9. The molecule has 0 spiro atoms. The first-order valence-corrected chi connectivity index (χ1v) is 10.1. The van der Waals surface area contributed by atoms with Gasteiger partial charge in [-0.2, -0.15) is 21.6 Å². The highest BCUT2D eigenvalue weighted by Gasteiger charge is 2.70. The Morgan fingerprint density at radius 1 is 1.34 bits per heavy atom. The molecule has 162 valence electrons. The van der Waals surface area contributed by atoms with Crippen LogP contribution in [0, 0.1) is 23.7 Å². The topological polar surface area (TPSA) is 133 Å². The summed E-state index contributed by atoms with van der Waals surface area (Å²) in [6, 6.07) is 0. The van der Waals surface area contributed by atoms with Crippen molar-refractivity contribution in [3.05, 3.63) is 12.2 Å². The van der Waals surface area contributed by atoms with E-state index in [-0.39, 0.29) is 12.0 Å². The second kappa shape index (κ2) is 6.97. The largest absolute Gasteiger partial charge is 0.461 e. The molecule has 1 aliphatic heterocycles. The quantitative estimate of drug-likeness (QED) is 0.272. The summed E-state index contributed by atoms with van der Waals surface area (Å²) in [6.45, 7) is 4.77. The molecule has 2 bridgehead atoms. The van der Waals surface area contributed by atoms with Crippen molar-refractivity contribution < 1.29 is 54.7 Å². The molecular formula is C16H17F3O9S. The molecule has 0 aromatic rings. The number of halogens is 3. The van der Waals surface area contributed by atoms with Crippen molar-refractivity contribution in [2.75, 3.05) is 5.75 Å². The highest BCUT2D eigenvalue weighted by molar-refractivity contribution is 7.85. The number of carbonyl (C=O) groups excluding carboxylic acids is 3. The van der Waals surface area contributed by atoms with Crippen molar-refractivity contribution in [2.24, 2.45) is 23.7 Å². The van der Waals surface area contributed by atoms with Gasteiger partial charge < -0.3 is 14.2 Å². The van der Waals surface area contributed by atoms with Gasteiger partial charge in [0, 0.05) is 17.4 Å². The summed E-state index contributed by atoms with van der Waals surface area (Å²) in [5.74, 6) is -8.46. The maximum atomic E-state index is 13.1. The van der Waals surface area contributed by atoms with Crippen LogP contribution in [0.2, 0.25) is 0 Å². The Bertz CT molecular complexity index is 865. The summed E-state index contributed by atoms with van der Waals surface area (Å²) in [7, 11) is -5.10. The summed E-state index contributed by atoms with van der Waals surface area (Å²) in [5.41, 5.74) is 0.0279. The average molecular weight is 442 g/mol. The number of esters is 3. The van der Waals surface area contributed by atoms with Crippen LogP contribution in [0.15, 0.2) is 12.2 Å². The van der Waals surface area contributed by atoms with Crippen molar-refractivity contribution in [1.29, 1.82) is 0 Å². The fraction of sp³-hybridized carbons (Fsp3) is 0.688. The third-order valence-electron chi connectivity index (χ3n) is 5.39. The Balaban J connectivity index is 1.83. The average Bonchev–Trinajstić information content (AvgIpc) is 3.14. The van der Waals surface area contributed by atoms with Gasteiger partial charge in [0.15, 0.2) is 0 Å². The molecule has 7 atom stereocenters. The maximum Gasteiger partial charge on any atom is 0.426 e. The Labute approximate surface area is 162 Å². The minimum Gasteiger partial charge on any atom is -0.461 e. The minimum absolute atomic E-state index is 0.0279. The van der Waals surface area contributed by atoms with Crippen LogP contribution < -0.4 is 0 Å². The van der Waals surface area contributed by atoms with Crippen LogP contribution in [-0.4, -0.2) is 61.1 Å². The van der Waals surface area contributed by atoms with Crippen LogP contribution in [0.3, 0.4) is 0 Å². The molecular weight excluding hydrogens is 425 g/mol. The fourth-order valence-electron chi connectivity index (χ4n) is 4.29. The number of ether oxygens (including phenoxy) is 3. The molecule has 29 heavy (non-hydrogen) atoms. The SMILES string of the molecule is C=C(C)C(=O)OC1C2CC3C(OC(=O)C31)C2C(=O)OC(CS(=O)(=O)O)C(F)(F)F. The molecule has 3 fully saturated rings. The summed E-state index contributed by atoms with van der Waals surface area (Å²) in [5, 5.41) is 0. The third kappa shape index (κ3) is 3.97. The van der Waals surface area contributed by atoms with Gasteiger partial charge in [-0.3, -0.25) is 14.1 Å². The number of carbonyl (C=O) groups is 3. The molecule has 2 saturated carbocycles. The molecule has 0 radical (unpaired) electrons. The van der Waals surface area contributed by atoms with E-state index >= 15 is 0 Å². The summed E-state index contributed by atoms with van der Waals surface area (Å²) >= 11 is 0. The lowest BCUT2D eigenvalue weighted by atomic mass is 9.80. The zero-order valence-corrected chi connectivity index (χ0v) is 15.7. The number of hydrogen-bond donors (Lipinski definition) is 1. The molecule has 7 unspecified atom stereocenters. The van der Waals surface area contributed by atoms with Crippen molar-refractivity contribution in [2.45, 2.75) is 37.8 Å². The number of rotatable bonds is 6. The molecule has 0 aromatic heterocycles. The van der Waals surface area contributed by atoms with Crippen molar-refractivity contribution in [3.8, 4) is 0 Å². The first-order valence-electron chi connectivity index (χ1n) is 8.50. The third-order valence-corrected chi connectivity index (χ3v) is 6.12. The molecule has 0 aromatic carbocycles. The molecule has 0 amide bonds. The summed E-state index contributed by atoms with van der Waals surface area (Å²) in [4.78, 5) is 36.5. The van der Waals surface area contributed by atoms with Crippen molar-refractivity contribution in [1.82, 2.24) is 0 Å². The highest BCUT2D eigenvalue weighted by atomic mass is 32.2. The van der Waals surface area contributed by atoms with Gasteiger partial charge in [-0.15, -0.1) is 0 Å². The van der Waals surface area contributed by atoms with Crippen LogP contribution in [0.4, 0.5) is 13.2 Å².